The topological polar surface area (TPSA) is 97.7 Å². The van der Waals surface area contributed by atoms with E-state index in [1.54, 1.807) is 42.3 Å². The van der Waals surface area contributed by atoms with Crippen molar-refractivity contribution >= 4 is 28.7 Å². The predicted molar refractivity (Wildman–Crippen MR) is 121 cm³/mol. The maximum atomic E-state index is 12.7. The van der Waals surface area contributed by atoms with Crippen molar-refractivity contribution < 1.29 is 19.1 Å². The number of rotatable bonds is 5. The molecule has 1 aromatic heterocycles. The van der Waals surface area contributed by atoms with Crippen molar-refractivity contribution in [2.45, 2.75) is 26.4 Å². The summed E-state index contributed by atoms with van der Waals surface area (Å²) in [4.78, 5) is 31.2. The molecular formula is C23H27N5O4. The van der Waals surface area contributed by atoms with Crippen molar-refractivity contribution in [1.29, 1.82) is 0 Å². The van der Waals surface area contributed by atoms with E-state index in [-0.39, 0.29) is 18.0 Å². The van der Waals surface area contributed by atoms with Crippen molar-refractivity contribution in [3.8, 4) is 11.5 Å². The third-order valence-corrected chi connectivity index (χ3v) is 5.17. The maximum absolute atomic E-state index is 12.7. The Hall–Kier alpha value is -3.75. The molecule has 0 aliphatic carbocycles. The molecule has 0 atom stereocenters. The lowest BCUT2D eigenvalue weighted by molar-refractivity contribution is 0.0943. The fourth-order valence-corrected chi connectivity index (χ4v) is 3.50. The van der Waals surface area contributed by atoms with Gasteiger partial charge in [0.2, 0.25) is 0 Å². The first kappa shape index (κ1) is 21.5. The number of aromatic nitrogens is 2. The Labute approximate surface area is 186 Å². The number of anilines is 1. The third kappa shape index (κ3) is 4.46. The summed E-state index contributed by atoms with van der Waals surface area (Å²) < 4.78 is 13.0. The summed E-state index contributed by atoms with van der Waals surface area (Å²) in [5.74, 6) is 1.86. The number of nitrogens with zero attached hydrogens (tertiary/aromatic N) is 3. The van der Waals surface area contributed by atoms with Crippen LogP contribution in [0.15, 0.2) is 36.4 Å². The van der Waals surface area contributed by atoms with Gasteiger partial charge in [0.1, 0.15) is 19.0 Å². The lowest BCUT2D eigenvalue weighted by atomic mass is 10.2. The van der Waals surface area contributed by atoms with Gasteiger partial charge in [0.05, 0.1) is 17.6 Å². The number of urea groups is 1. The third-order valence-electron chi connectivity index (χ3n) is 5.17. The van der Waals surface area contributed by atoms with Gasteiger partial charge in [-0.05, 0) is 44.2 Å². The van der Waals surface area contributed by atoms with Gasteiger partial charge in [-0.1, -0.05) is 0 Å². The van der Waals surface area contributed by atoms with Gasteiger partial charge in [0.25, 0.3) is 5.91 Å². The Morgan fingerprint density at radius 3 is 2.62 bits per heavy atom. The van der Waals surface area contributed by atoms with Crippen LogP contribution in [0, 0.1) is 0 Å². The number of fused-ring (bicyclic) bond motifs is 2. The summed E-state index contributed by atoms with van der Waals surface area (Å²) in [7, 11) is 3.60. The molecular weight excluding hydrogens is 410 g/mol. The zero-order valence-electron chi connectivity index (χ0n) is 18.6. The van der Waals surface area contributed by atoms with E-state index in [0.717, 1.165) is 5.52 Å². The Bertz CT molecular complexity index is 1170. The van der Waals surface area contributed by atoms with Crippen molar-refractivity contribution in [3.05, 3.63) is 47.8 Å². The zero-order chi connectivity index (χ0) is 22.8. The lowest BCUT2D eigenvalue weighted by Gasteiger charge is -2.20. The lowest BCUT2D eigenvalue weighted by Crippen LogP contribution is -2.31. The van der Waals surface area contributed by atoms with E-state index in [0.29, 0.717) is 53.8 Å². The van der Waals surface area contributed by atoms with Crippen molar-refractivity contribution in [2.24, 2.45) is 7.05 Å². The number of carbonyl (C=O) groups is 2. The van der Waals surface area contributed by atoms with E-state index in [1.165, 1.54) is 0 Å². The molecule has 9 heteroatoms. The summed E-state index contributed by atoms with van der Waals surface area (Å²) in [5, 5.41) is 5.75. The van der Waals surface area contributed by atoms with Gasteiger partial charge < -0.3 is 29.6 Å². The van der Waals surface area contributed by atoms with E-state index in [1.807, 2.05) is 31.5 Å². The smallest absolute Gasteiger partial charge is 0.321 e. The minimum Gasteiger partial charge on any atom is -0.486 e. The minimum absolute atomic E-state index is 0.0545. The summed E-state index contributed by atoms with van der Waals surface area (Å²) in [5.41, 5.74) is 2.78. The molecule has 2 heterocycles. The molecule has 0 fully saturated rings. The minimum atomic E-state index is -0.272. The molecule has 0 bridgehead atoms. The highest BCUT2D eigenvalue weighted by Crippen LogP contribution is 2.32. The summed E-state index contributed by atoms with van der Waals surface area (Å²) in [6.45, 7) is 5.14. The van der Waals surface area contributed by atoms with E-state index in [4.69, 9.17) is 9.47 Å². The molecule has 2 N–H and O–H groups in total. The van der Waals surface area contributed by atoms with Gasteiger partial charge in [0.15, 0.2) is 11.5 Å². The quantitative estimate of drug-likeness (QED) is 0.639. The largest absolute Gasteiger partial charge is 0.486 e. The highest BCUT2D eigenvalue weighted by molar-refractivity contribution is 5.97. The van der Waals surface area contributed by atoms with Crippen molar-refractivity contribution in [3.63, 3.8) is 0 Å². The number of aryl methyl sites for hydroxylation is 1. The van der Waals surface area contributed by atoms with Gasteiger partial charge in [-0.15, -0.1) is 0 Å². The first-order chi connectivity index (χ1) is 15.3. The molecule has 32 heavy (non-hydrogen) atoms. The summed E-state index contributed by atoms with van der Waals surface area (Å²) in [6, 6.07) is 10.5. The standard InChI is InChI=1S/C23H27N5O4/c1-14(2)24-22(29)15-5-7-18-17(11-15)26-21(28(18)4)13-27(3)23(30)25-16-6-8-19-20(12-16)32-10-9-31-19/h5-8,11-12,14H,9-10,13H2,1-4H3,(H,24,29)(H,25,30). The highest BCUT2D eigenvalue weighted by Gasteiger charge is 2.17. The summed E-state index contributed by atoms with van der Waals surface area (Å²) >= 11 is 0. The number of hydrogen-bond acceptors (Lipinski definition) is 5. The van der Waals surface area contributed by atoms with E-state index < -0.39 is 0 Å². The van der Waals surface area contributed by atoms with E-state index >= 15 is 0 Å². The number of benzene rings is 2. The second-order valence-electron chi connectivity index (χ2n) is 8.06. The van der Waals surface area contributed by atoms with Crippen molar-refractivity contribution in [1.82, 2.24) is 19.8 Å². The van der Waals surface area contributed by atoms with Crippen LogP contribution in [0.25, 0.3) is 11.0 Å². The van der Waals surface area contributed by atoms with Crippen LogP contribution < -0.4 is 20.1 Å². The fourth-order valence-electron chi connectivity index (χ4n) is 3.50. The number of imidazole rings is 1. The average molecular weight is 438 g/mol. The van der Waals surface area contributed by atoms with E-state index in [9.17, 15) is 9.59 Å². The second-order valence-corrected chi connectivity index (χ2v) is 8.06. The van der Waals surface area contributed by atoms with Crippen molar-refractivity contribution in [2.75, 3.05) is 25.6 Å². The van der Waals surface area contributed by atoms with E-state index in [2.05, 4.69) is 15.6 Å². The molecule has 0 unspecified atom stereocenters. The molecule has 0 radical (unpaired) electrons. The highest BCUT2D eigenvalue weighted by atomic mass is 16.6. The number of carbonyl (C=O) groups excluding carboxylic acids is 2. The van der Waals surface area contributed by atoms with Gasteiger partial charge in [0, 0.05) is 37.5 Å². The Kier molecular flexibility index (Phi) is 5.89. The molecule has 0 spiro atoms. The number of nitrogens with one attached hydrogen (secondary N) is 2. The fraction of sp³-hybridized carbons (Fsp3) is 0.348. The Balaban J connectivity index is 1.46. The molecule has 2 aromatic carbocycles. The van der Waals surface area contributed by atoms with Gasteiger partial charge >= 0.3 is 6.03 Å². The van der Waals surface area contributed by atoms with Crippen LogP contribution in [0.2, 0.25) is 0 Å². The molecule has 9 nitrogen and oxygen atoms in total. The molecule has 1 aliphatic rings. The number of amides is 3. The predicted octanol–water partition coefficient (Wildman–Crippen LogP) is 3.15. The SMILES string of the molecule is CC(C)NC(=O)c1ccc2c(c1)nc(CN(C)C(=O)Nc1ccc3c(c1)OCCO3)n2C. The molecule has 1 aliphatic heterocycles. The Morgan fingerprint density at radius 1 is 1.12 bits per heavy atom. The van der Waals surface area contributed by atoms with Gasteiger partial charge in [-0.25, -0.2) is 9.78 Å². The normalized spacial score (nSPS) is 12.7. The molecule has 3 aromatic rings. The molecule has 3 amide bonds. The monoisotopic (exact) mass is 437 g/mol. The van der Waals surface area contributed by atoms with Crippen LogP contribution in [0.5, 0.6) is 11.5 Å². The number of hydrogen-bond donors (Lipinski definition) is 2. The first-order valence-electron chi connectivity index (χ1n) is 10.5. The van der Waals surface area contributed by atoms with Crippen LogP contribution in [0.4, 0.5) is 10.5 Å². The Morgan fingerprint density at radius 2 is 1.88 bits per heavy atom. The van der Waals surface area contributed by atoms with Crippen LogP contribution in [0.1, 0.15) is 30.0 Å². The molecule has 0 saturated carbocycles. The van der Waals surface area contributed by atoms with Gasteiger partial charge in [-0.3, -0.25) is 4.79 Å². The molecule has 0 saturated heterocycles. The second kappa shape index (κ2) is 8.78. The maximum Gasteiger partial charge on any atom is 0.321 e. The molecule has 168 valence electrons. The molecule has 4 rings (SSSR count). The van der Waals surface area contributed by atoms with Crippen LogP contribution in [0.3, 0.4) is 0 Å². The summed E-state index contributed by atoms with van der Waals surface area (Å²) in [6.07, 6.45) is 0. The van der Waals surface area contributed by atoms with Crippen LogP contribution in [-0.2, 0) is 13.6 Å². The van der Waals surface area contributed by atoms with Crippen LogP contribution in [-0.4, -0.2) is 52.7 Å². The zero-order valence-corrected chi connectivity index (χ0v) is 18.6. The van der Waals surface area contributed by atoms with Crippen LogP contribution >= 0.6 is 0 Å². The van der Waals surface area contributed by atoms with Gasteiger partial charge in [-0.2, -0.15) is 0 Å². The first-order valence-corrected chi connectivity index (χ1v) is 10.5. The number of ether oxygens (including phenoxy) is 2. The average Bonchev–Trinajstić information content (AvgIpc) is 3.07.